The van der Waals surface area contributed by atoms with E-state index in [1.807, 2.05) is 36.0 Å². The maximum Gasteiger partial charge on any atom is 0.0426 e. The van der Waals surface area contributed by atoms with Crippen molar-refractivity contribution in [2.75, 3.05) is 23.4 Å². The maximum absolute atomic E-state index is 5.90. The molecule has 0 radical (unpaired) electrons. The van der Waals surface area contributed by atoms with E-state index in [-0.39, 0.29) is 0 Å². The van der Waals surface area contributed by atoms with E-state index in [2.05, 4.69) is 19.2 Å². The Morgan fingerprint density at radius 1 is 1.44 bits per heavy atom. The zero-order chi connectivity index (χ0) is 11.8. The molecule has 3 heteroatoms. The fourth-order valence-electron chi connectivity index (χ4n) is 1.27. The van der Waals surface area contributed by atoms with Crippen LogP contribution in [0, 0.1) is 5.92 Å². The van der Waals surface area contributed by atoms with Gasteiger partial charge in [0.15, 0.2) is 0 Å². The molecule has 0 saturated carbocycles. The van der Waals surface area contributed by atoms with E-state index < -0.39 is 0 Å². The van der Waals surface area contributed by atoms with Gasteiger partial charge in [-0.2, -0.15) is 11.8 Å². The van der Waals surface area contributed by atoms with E-state index in [1.54, 1.807) is 0 Å². The van der Waals surface area contributed by atoms with E-state index in [4.69, 9.17) is 11.6 Å². The number of benzene rings is 1. The Labute approximate surface area is 108 Å². The Morgan fingerprint density at radius 3 is 2.94 bits per heavy atom. The van der Waals surface area contributed by atoms with Crippen LogP contribution in [0.25, 0.3) is 0 Å². The molecule has 0 saturated heterocycles. The summed E-state index contributed by atoms with van der Waals surface area (Å²) in [6, 6.07) is 7.87. The Hall–Kier alpha value is -0.340. The lowest BCUT2D eigenvalue weighted by Crippen LogP contribution is -2.06. The van der Waals surface area contributed by atoms with Gasteiger partial charge in [0.2, 0.25) is 0 Å². The number of rotatable bonds is 7. The molecule has 0 amide bonds. The number of anilines is 1. The van der Waals surface area contributed by atoms with Crippen molar-refractivity contribution in [3.05, 3.63) is 29.3 Å². The highest BCUT2D eigenvalue weighted by Crippen LogP contribution is 2.15. The normalized spacial score (nSPS) is 12.4. The molecule has 1 rings (SSSR count). The Balaban J connectivity index is 2.12. The third-order valence-electron chi connectivity index (χ3n) is 2.50. The standard InChI is InChI=1S/C13H20ClNS/c1-3-11(2)10-16-8-7-15-13-6-4-5-12(14)9-13/h4-6,9,11,15H,3,7-8,10H2,1-2H3. The molecule has 0 aliphatic heterocycles. The van der Waals surface area contributed by atoms with Crippen molar-refractivity contribution in [2.45, 2.75) is 20.3 Å². The molecule has 16 heavy (non-hydrogen) atoms. The van der Waals surface area contributed by atoms with Crippen molar-refractivity contribution < 1.29 is 0 Å². The topological polar surface area (TPSA) is 12.0 Å². The number of hydrogen-bond donors (Lipinski definition) is 1. The first kappa shape index (κ1) is 13.7. The van der Waals surface area contributed by atoms with Crippen LogP contribution in [-0.4, -0.2) is 18.1 Å². The number of halogens is 1. The van der Waals surface area contributed by atoms with Gasteiger partial charge in [-0.25, -0.2) is 0 Å². The molecule has 0 heterocycles. The average Bonchev–Trinajstić information content (AvgIpc) is 2.28. The summed E-state index contributed by atoms with van der Waals surface area (Å²) >= 11 is 7.91. The predicted octanol–water partition coefficient (Wildman–Crippen LogP) is 4.53. The predicted molar refractivity (Wildman–Crippen MR) is 76.7 cm³/mol. The zero-order valence-electron chi connectivity index (χ0n) is 10.0. The fraction of sp³-hybridized carbons (Fsp3) is 0.538. The van der Waals surface area contributed by atoms with Gasteiger partial charge in [0.25, 0.3) is 0 Å². The second-order valence-electron chi connectivity index (χ2n) is 4.03. The van der Waals surface area contributed by atoms with Crippen LogP contribution in [-0.2, 0) is 0 Å². The molecule has 1 N–H and O–H groups in total. The van der Waals surface area contributed by atoms with Gasteiger partial charge in [-0.15, -0.1) is 0 Å². The van der Waals surface area contributed by atoms with Crippen LogP contribution in [0.4, 0.5) is 5.69 Å². The molecule has 1 unspecified atom stereocenters. The Bertz CT molecular complexity index is 304. The third-order valence-corrected chi connectivity index (χ3v) is 4.03. The maximum atomic E-state index is 5.90. The molecule has 1 aromatic rings. The summed E-state index contributed by atoms with van der Waals surface area (Å²) in [5, 5.41) is 4.16. The third kappa shape index (κ3) is 5.66. The summed E-state index contributed by atoms with van der Waals surface area (Å²) in [5.41, 5.74) is 1.11. The monoisotopic (exact) mass is 257 g/mol. The molecule has 0 fully saturated rings. The summed E-state index contributed by atoms with van der Waals surface area (Å²) in [5.74, 6) is 3.24. The van der Waals surface area contributed by atoms with Crippen LogP contribution >= 0.6 is 23.4 Å². The van der Waals surface area contributed by atoms with Gasteiger partial charge in [-0.05, 0) is 29.9 Å². The minimum absolute atomic E-state index is 0.789. The molecule has 1 aromatic carbocycles. The zero-order valence-corrected chi connectivity index (χ0v) is 11.6. The van der Waals surface area contributed by atoms with Crippen molar-refractivity contribution in [3.63, 3.8) is 0 Å². The summed E-state index contributed by atoms with van der Waals surface area (Å²) < 4.78 is 0. The lowest BCUT2D eigenvalue weighted by atomic mass is 10.2. The summed E-state index contributed by atoms with van der Waals surface area (Å²) in [6.45, 7) is 5.55. The lowest BCUT2D eigenvalue weighted by Gasteiger charge is -2.09. The van der Waals surface area contributed by atoms with Crippen LogP contribution in [0.5, 0.6) is 0 Å². The van der Waals surface area contributed by atoms with Crippen LogP contribution < -0.4 is 5.32 Å². The van der Waals surface area contributed by atoms with Gasteiger partial charge in [0.1, 0.15) is 0 Å². The molecule has 0 spiro atoms. The van der Waals surface area contributed by atoms with E-state index in [1.165, 1.54) is 12.2 Å². The molecule has 0 bridgehead atoms. The lowest BCUT2D eigenvalue weighted by molar-refractivity contribution is 0.637. The second-order valence-corrected chi connectivity index (χ2v) is 5.61. The van der Waals surface area contributed by atoms with Gasteiger partial charge < -0.3 is 5.32 Å². The minimum Gasteiger partial charge on any atom is -0.384 e. The molecule has 0 aliphatic rings. The van der Waals surface area contributed by atoms with Gasteiger partial charge in [0, 0.05) is 23.0 Å². The van der Waals surface area contributed by atoms with Crippen LogP contribution in [0.15, 0.2) is 24.3 Å². The SMILES string of the molecule is CCC(C)CSCCNc1cccc(Cl)c1. The van der Waals surface area contributed by atoms with Crippen molar-refractivity contribution in [1.82, 2.24) is 0 Å². The number of thioether (sulfide) groups is 1. The minimum atomic E-state index is 0.789. The van der Waals surface area contributed by atoms with E-state index in [0.717, 1.165) is 28.9 Å². The highest BCUT2D eigenvalue weighted by molar-refractivity contribution is 7.99. The molecule has 1 atom stereocenters. The van der Waals surface area contributed by atoms with Crippen LogP contribution in [0.2, 0.25) is 5.02 Å². The quantitative estimate of drug-likeness (QED) is 0.721. The van der Waals surface area contributed by atoms with E-state index in [0.29, 0.717) is 0 Å². The van der Waals surface area contributed by atoms with Crippen molar-refractivity contribution >= 4 is 29.1 Å². The Morgan fingerprint density at radius 2 is 2.25 bits per heavy atom. The van der Waals surface area contributed by atoms with Crippen LogP contribution in [0.1, 0.15) is 20.3 Å². The first-order valence-corrected chi connectivity index (χ1v) is 7.32. The molecular formula is C13H20ClNS. The number of nitrogens with one attached hydrogen (secondary N) is 1. The molecular weight excluding hydrogens is 238 g/mol. The number of hydrogen-bond acceptors (Lipinski definition) is 2. The highest BCUT2D eigenvalue weighted by Gasteiger charge is 1.98. The van der Waals surface area contributed by atoms with Gasteiger partial charge in [0.05, 0.1) is 0 Å². The molecule has 0 aliphatic carbocycles. The van der Waals surface area contributed by atoms with Crippen molar-refractivity contribution in [3.8, 4) is 0 Å². The van der Waals surface area contributed by atoms with Gasteiger partial charge >= 0.3 is 0 Å². The highest BCUT2D eigenvalue weighted by atomic mass is 35.5. The molecule has 90 valence electrons. The smallest absolute Gasteiger partial charge is 0.0426 e. The Kier molecular flexibility index (Phi) is 6.74. The van der Waals surface area contributed by atoms with Crippen molar-refractivity contribution in [2.24, 2.45) is 5.92 Å². The molecule has 0 aromatic heterocycles. The largest absolute Gasteiger partial charge is 0.384 e. The van der Waals surface area contributed by atoms with E-state index >= 15 is 0 Å². The van der Waals surface area contributed by atoms with Gasteiger partial charge in [-0.3, -0.25) is 0 Å². The summed E-state index contributed by atoms with van der Waals surface area (Å²) in [7, 11) is 0. The van der Waals surface area contributed by atoms with E-state index in [9.17, 15) is 0 Å². The van der Waals surface area contributed by atoms with Gasteiger partial charge in [-0.1, -0.05) is 37.9 Å². The second kappa shape index (κ2) is 7.86. The summed E-state index contributed by atoms with van der Waals surface area (Å²) in [6.07, 6.45) is 1.27. The first-order chi connectivity index (χ1) is 7.72. The fourth-order valence-corrected chi connectivity index (χ4v) is 2.51. The molecule has 1 nitrogen and oxygen atoms in total. The average molecular weight is 258 g/mol. The summed E-state index contributed by atoms with van der Waals surface area (Å²) in [4.78, 5) is 0. The van der Waals surface area contributed by atoms with Crippen LogP contribution in [0.3, 0.4) is 0 Å². The first-order valence-electron chi connectivity index (χ1n) is 5.79. The van der Waals surface area contributed by atoms with Crippen molar-refractivity contribution in [1.29, 1.82) is 0 Å².